The predicted molar refractivity (Wildman–Crippen MR) is 64.1 cm³/mol. The van der Waals surface area contributed by atoms with Crippen molar-refractivity contribution in [3.05, 3.63) is 18.3 Å². The number of anilines is 1. The van der Waals surface area contributed by atoms with Gasteiger partial charge in [0.25, 0.3) is 0 Å². The van der Waals surface area contributed by atoms with Crippen LogP contribution in [-0.2, 0) is 0 Å². The number of hydrazine groups is 1. The Morgan fingerprint density at radius 1 is 1.24 bits per heavy atom. The van der Waals surface area contributed by atoms with Crippen LogP contribution >= 0.6 is 0 Å². The number of aromatic hydroxyl groups is 1. The van der Waals surface area contributed by atoms with Crippen molar-refractivity contribution in [2.24, 2.45) is 0 Å². The molecular weight excluding hydrogens is 293 g/mol. The van der Waals surface area contributed by atoms with Gasteiger partial charge in [-0.2, -0.15) is 28.1 Å². The number of aromatic nitrogens is 4. The lowest BCUT2D eigenvalue weighted by Crippen LogP contribution is -2.37. The van der Waals surface area contributed by atoms with E-state index in [-0.39, 0.29) is 17.3 Å². The number of nitrogens with zero attached hydrogens (tertiary/aromatic N) is 4. The molecule has 21 heavy (non-hydrogen) atoms. The molecule has 0 saturated heterocycles. The van der Waals surface area contributed by atoms with Gasteiger partial charge in [0.2, 0.25) is 5.95 Å². The molecule has 0 spiro atoms. The van der Waals surface area contributed by atoms with Gasteiger partial charge in [-0.3, -0.25) is 5.43 Å². The maximum Gasteiger partial charge on any atom is 0.474 e. The Morgan fingerprint density at radius 2 is 2.00 bits per heavy atom. The minimum Gasteiger partial charge on any atom is -0.494 e. The smallest absolute Gasteiger partial charge is 0.474 e. The molecule has 8 nitrogen and oxygen atoms in total. The van der Waals surface area contributed by atoms with E-state index in [1.54, 1.807) is 17.6 Å². The lowest BCUT2D eigenvalue weighted by Gasteiger charge is -2.11. The van der Waals surface area contributed by atoms with E-state index in [2.05, 4.69) is 19.9 Å². The number of nitrogens with one attached hydrogen (secondary N) is 2. The number of halogens is 3. The minimum absolute atomic E-state index is 0.146. The Morgan fingerprint density at radius 3 is 2.67 bits per heavy atom. The largest absolute Gasteiger partial charge is 0.494 e. The van der Waals surface area contributed by atoms with Crippen LogP contribution in [0, 0.1) is 0 Å². The van der Waals surface area contributed by atoms with Crippen LogP contribution in [0.3, 0.4) is 0 Å². The summed E-state index contributed by atoms with van der Waals surface area (Å²) in [6.45, 7) is 0. The average Bonchev–Trinajstić information content (AvgIpc) is 2.44. The van der Waals surface area contributed by atoms with Crippen LogP contribution in [-0.4, -0.2) is 38.5 Å². The molecule has 0 aliphatic rings. The van der Waals surface area contributed by atoms with Gasteiger partial charge in [-0.25, -0.2) is 4.98 Å². The molecule has 0 amide bonds. The number of ether oxygens (including phenoxy) is 1. The molecule has 11 heteroatoms. The second-order valence-corrected chi connectivity index (χ2v) is 3.58. The van der Waals surface area contributed by atoms with E-state index in [9.17, 15) is 18.3 Å². The standard InChI is InChI=1S/C10H9F3N6O2/c1-21-5-3-2-4-14-6(5)7-15-8(17-9(20)16-7)18-19-10(11,12)13/h2-4,19H,1H3,(H2,15,16,17,18,20). The van der Waals surface area contributed by atoms with Gasteiger partial charge in [-0.1, -0.05) is 0 Å². The molecular formula is C10H9F3N6O2. The summed E-state index contributed by atoms with van der Waals surface area (Å²) in [5.41, 5.74) is 2.86. The van der Waals surface area contributed by atoms with Crippen molar-refractivity contribution in [3.63, 3.8) is 0 Å². The number of hydrogen-bond donors (Lipinski definition) is 3. The maximum absolute atomic E-state index is 12.0. The van der Waals surface area contributed by atoms with Crippen LogP contribution in [0.4, 0.5) is 19.1 Å². The summed E-state index contributed by atoms with van der Waals surface area (Å²) in [4.78, 5) is 14.6. The zero-order chi connectivity index (χ0) is 15.5. The molecule has 2 aromatic rings. The Kier molecular flexibility index (Phi) is 4.03. The van der Waals surface area contributed by atoms with Crippen molar-refractivity contribution in [2.45, 2.75) is 6.30 Å². The first-order valence-electron chi connectivity index (χ1n) is 5.43. The van der Waals surface area contributed by atoms with Gasteiger partial charge in [-0.15, -0.1) is 5.43 Å². The highest BCUT2D eigenvalue weighted by Crippen LogP contribution is 2.25. The normalized spacial score (nSPS) is 11.2. The lowest BCUT2D eigenvalue weighted by molar-refractivity contribution is -0.151. The molecule has 2 aromatic heterocycles. The molecule has 0 fully saturated rings. The predicted octanol–water partition coefficient (Wildman–Crippen LogP) is 1.08. The van der Waals surface area contributed by atoms with Gasteiger partial charge >= 0.3 is 12.3 Å². The van der Waals surface area contributed by atoms with Crippen LogP contribution in [0.1, 0.15) is 0 Å². The zero-order valence-electron chi connectivity index (χ0n) is 10.5. The lowest BCUT2D eigenvalue weighted by atomic mass is 10.3. The molecule has 2 rings (SSSR count). The summed E-state index contributed by atoms with van der Waals surface area (Å²) in [5, 5.41) is 9.37. The van der Waals surface area contributed by atoms with E-state index in [0.717, 1.165) is 5.43 Å². The molecule has 0 unspecified atom stereocenters. The fourth-order valence-electron chi connectivity index (χ4n) is 1.38. The summed E-state index contributed by atoms with van der Waals surface area (Å²) in [6, 6.07) is 2.39. The van der Waals surface area contributed by atoms with Crippen LogP contribution in [0.15, 0.2) is 18.3 Å². The highest BCUT2D eigenvalue weighted by molar-refractivity contribution is 5.59. The Bertz CT molecular complexity index is 636. The van der Waals surface area contributed by atoms with E-state index in [4.69, 9.17) is 4.74 Å². The van der Waals surface area contributed by atoms with Crippen LogP contribution in [0.5, 0.6) is 11.8 Å². The molecule has 0 aliphatic heterocycles. The van der Waals surface area contributed by atoms with Gasteiger partial charge in [0.15, 0.2) is 5.82 Å². The minimum atomic E-state index is -4.69. The first kappa shape index (κ1) is 14.7. The fraction of sp³-hybridized carbons (Fsp3) is 0.200. The average molecular weight is 302 g/mol. The Balaban J connectivity index is 2.34. The van der Waals surface area contributed by atoms with Gasteiger partial charge in [-0.05, 0) is 12.1 Å². The summed E-state index contributed by atoms with van der Waals surface area (Å²) in [7, 11) is 1.38. The number of hydrogen-bond acceptors (Lipinski definition) is 8. The topological polar surface area (TPSA) is 105 Å². The van der Waals surface area contributed by atoms with Crippen LogP contribution < -0.4 is 15.6 Å². The summed E-state index contributed by atoms with van der Waals surface area (Å²) in [6.07, 6.45) is -3.27. The van der Waals surface area contributed by atoms with E-state index < -0.39 is 18.3 Å². The fourth-order valence-corrected chi connectivity index (χ4v) is 1.38. The van der Waals surface area contributed by atoms with Gasteiger partial charge < -0.3 is 9.84 Å². The molecule has 112 valence electrons. The quantitative estimate of drug-likeness (QED) is 0.569. The highest BCUT2D eigenvalue weighted by atomic mass is 19.4. The van der Waals surface area contributed by atoms with E-state index in [0.29, 0.717) is 0 Å². The molecule has 0 bridgehead atoms. The SMILES string of the molecule is COc1cccnc1-c1nc(O)nc(NNC(F)(F)F)n1. The van der Waals surface area contributed by atoms with Crippen molar-refractivity contribution in [2.75, 3.05) is 12.5 Å². The number of rotatable bonds is 4. The third-order valence-electron chi connectivity index (χ3n) is 2.14. The Labute approximate surface area is 116 Å². The van der Waals surface area contributed by atoms with Gasteiger partial charge in [0, 0.05) is 6.20 Å². The molecule has 0 saturated carbocycles. The van der Waals surface area contributed by atoms with Crippen molar-refractivity contribution in [3.8, 4) is 23.3 Å². The molecule has 2 heterocycles. The third-order valence-corrected chi connectivity index (χ3v) is 2.14. The third kappa shape index (κ3) is 3.89. The zero-order valence-corrected chi connectivity index (χ0v) is 10.5. The first-order chi connectivity index (χ1) is 9.89. The molecule has 0 radical (unpaired) electrons. The molecule has 0 atom stereocenters. The molecule has 3 N–H and O–H groups in total. The first-order valence-corrected chi connectivity index (χ1v) is 5.43. The number of methoxy groups -OCH3 is 1. The van der Waals surface area contributed by atoms with Gasteiger partial charge in [0.05, 0.1) is 7.11 Å². The number of alkyl halides is 3. The summed E-state index contributed by atoms with van der Waals surface area (Å²) >= 11 is 0. The monoisotopic (exact) mass is 302 g/mol. The molecule has 0 aliphatic carbocycles. The van der Waals surface area contributed by atoms with Crippen LogP contribution in [0.25, 0.3) is 11.5 Å². The summed E-state index contributed by atoms with van der Waals surface area (Å²) < 4.78 is 41.2. The van der Waals surface area contributed by atoms with Crippen LogP contribution in [0.2, 0.25) is 0 Å². The van der Waals surface area contributed by atoms with Gasteiger partial charge in [0.1, 0.15) is 11.4 Å². The highest BCUT2D eigenvalue weighted by Gasteiger charge is 2.27. The maximum atomic E-state index is 12.0. The van der Waals surface area contributed by atoms with Crippen molar-refractivity contribution < 1.29 is 23.0 Å². The summed E-state index contributed by atoms with van der Waals surface area (Å²) in [5.74, 6) is -0.383. The second-order valence-electron chi connectivity index (χ2n) is 3.58. The van der Waals surface area contributed by atoms with E-state index in [1.165, 1.54) is 13.3 Å². The van der Waals surface area contributed by atoms with Crippen molar-refractivity contribution in [1.82, 2.24) is 25.4 Å². The van der Waals surface area contributed by atoms with Crippen molar-refractivity contribution >= 4 is 5.95 Å². The molecule has 0 aromatic carbocycles. The second kappa shape index (κ2) is 5.75. The van der Waals surface area contributed by atoms with Crippen molar-refractivity contribution in [1.29, 1.82) is 0 Å². The van der Waals surface area contributed by atoms with E-state index >= 15 is 0 Å². The number of pyridine rings is 1. The Hall–Kier alpha value is -2.69. The van der Waals surface area contributed by atoms with E-state index in [1.807, 2.05) is 0 Å².